The molecule has 0 atom stereocenters. The third-order valence-electron chi connectivity index (χ3n) is 2.41. The Morgan fingerprint density at radius 1 is 1.55 bits per heavy atom. The molecule has 7 heteroatoms. The van der Waals surface area contributed by atoms with Gasteiger partial charge in [0.25, 0.3) is 5.91 Å². The van der Waals surface area contributed by atoms with E-state index in [1.807, 2.05) is 0 Å². The number of anilines is 1. The van der Waals surface area contributed by atoms with Gasteiger partial charge in [-0.1, -0.05) is 16.3 Å². The number of aryl methyl sites for hydroxylation is 1. The maximum Gasteiger partial charge on any atom is 0.269 e. The van der Waals surface area contributed by atoms with Gasteiger partial charge >= 0.3 is 0 Å². The normalized spacial score (nSPS) is 9.75. The molecule has 20 heavy (non-hydrogen) atoms. The monoisotopic (exact) mass is 290 g/mol. The van der Waals surface area contributed by atoms with Crippen molar-refractivity contribution in [2.45, 2.75) is 6.92 Å². The fourth-order valence-electron chi connectivity index (χ4n) is 1.47. The lowest BCUT2D eigenvalue weighted by atomic mass is 10.2. The molecule has 2 rings (SSSR count). The number of nitrogens with zero attached hydrogens (tertiary/aromatic N) is 2. The van der Waals surface area contributed by atoms with E-state index in [1.54, 1.807) is 13.0 Å². The number of hydrogen-bond donors (Lipinski definition) is 2. The van der Waals surface area contributed by atoms with E-state index in [9.17, 15) is 9.18 Å². The van der Waals surface area contributed by atoms with Crippen LogP contribution in [-0.4, -0.2) is 22.0 Å². The summed E-state index contributed by atoms with van der Waals surface area (Å²) in [4.78, 5) is 12.3. The van der Waals surface area contributed by atoms with Crippen molar-refractivity contribution in [3.8, 4) is 11.8 Å². The molecular weight excluding hydrogens is 279 g/mol. The third kappa shape index (κ3) is 3.17. The molecule has 0 saturated carbocycles. The second kappa shape index (κ2) is 6.23. The summed E-state index contributed by atoms with van der Waals surface area (Å²) in [5.41, 5.74) is 6.35. The van der Waals surface area contributed by atoms with E-state index in [1.165, 1.54) is 12.1 Å². The van der Waals surface area contributed by atoms with Crippen LogP contribution in [-0.2, 0) is 0 Å². The Balaban J connectivity index is 2.17. The van der Waals surface area contributed by atoms with E-state index >= 15 is 0 Å². The molecule has 1 amide bonds. The maximum atomic E-state index is 13.7. The van der Waals surface area contributed by atoms with Crippen molar-refractivity contribution in [2.24, 2.45) is 5.73 Å². The fraction of sp³-hybridized carbons (Fsp3) is 0.154. The maximum absolute atomic E-state index is 13.7. The molecule has 0 saturated heterocycles. The topological polar surface area (TPSA) is 80.9 Å². The number of nitrogens with two attached hydrogens (primary N) is 1. The molecule has 0 fully saturated rings. The summed E-state index contributed by atoms with van der Waals surface area (Å²) in [5.74, 6) is 4.31. The van der Waals surface area contributed by atoms with Gasteiger partial charge in [0.05, 0.1) is 17.8 Å². The van der Waals surface area contributed by atoms with Crippen LogP contribution in [0, 0.1) is 24.6 Å². The predicted molar refractivity (Wildman–Crippen MR) is 74.9 cm³/mol. The van der Waals surface area contributed by atoms with Gasteiger partial charge in [-0.3, -0.25) is 4.79 Å². The van der Waals surface area contributed by atoms with E-state index in [-0.39, 0.29) is 18.0 Å². The molecule has 0 unspecified atom stereocenters. The van der Waals surface area contributed by atoms with Gasteiger partial charge in [-0.25, -0.2) is 4.39 Å². The van der Waals surface area contributed by atoms with Gasteiger partial charge in [-0.2, -0.15) is 0 Å². The summed E-state index contributed by atoms with van der Waals surface area (Å²) < 4.78 is 17.4. The molecule has 1 aromatic carbocycles. The van der Waals surface area contributed by atoms with Crippen LogP contribution in [0.15, 0.2) is 18.2 Å². The SMILES string of the molecule is Cc1nnsc1C(=O)Nc1ccc(C#CCN)c(F)c1. The van der Waals surface area contributed by atoms with Crippen LogP contribution >= 0.6 is 11.5 Å². The first kappa shape index (κ1) is 14.1. The zero-order valence-electron chi connectivity index (χ0n) is 10.6. The van der Waals surface area contributed by atoms with E-state index in [0.29, 0.717) is 16.3 Å². The molecule has 5 nitrogen and oxygen atoms in total. The molecule has 0 radical (unpaired) electrons. The van der Waals surface area contributed by atoms with Gasteiger partial charge in [-0.05, 0) is 36.7 Å². The number of rotatable bonds is 2. The lowest BCUT2D eigenvalue weighted by molar-refractivity contribution is 0.103. The van der Waals surface area contributed by atoms with Crippen LogP contribution in [0.2, 0.25) is 0 Å². The Bertz CT molecular complexity index is 702. The molecule has 0 bridgehead atoms. The van der Waals surface area contributed by atoms with Crippen LogP contribution in [0.3, 0.4) is 0 Å². The smallest absolute Gasteiger partial charge is 0.269 e. The molecule has 1 heterocycles. The number of amides is 1. The Kier molecular flexibility index (Phi) is 4.40. The lowest BCUT2D eigenvalue weighted by Crippen LogP contribution is -2.11. The van der Waals surface area contributed by atoms with E-state index in [2.05, 4.69) is 26.7 Å². The van der Waals surface area contributed by atoms with Crippen LogP contribution < -0.4 is 11.1 Å². The Labute approximate surface area is 119 Å². The highest BCUT2D eigenvalue weighted by atomic mass is 32.1. The summed E-state index contributed by atoms with van der Waals surface area (Å²) >= 11 is 0.992. The highest BCUT2D eigenvalue weighted by molar-refractivity contribution is 7.08. The van der Waals surface area contributed by atoms with Crippen molar-refractivity contribution in [3.63, 3.8) is 0 Å². The first-order valence-electron chi connectivity index (χ1n) is 5.70. The zero-order chi connectivity index (χ0) is 14.5. The summed E-state index contributed by atoms with van der Waals surface area (Å²) in [7, 11) is 0. The highest BCUT2D eigenvalue weighted by Crippen LogP contribution is 2.16. The first-order chi connectivity index (χ1) is 9.61. The number of nitrogens with one attached hydrogen (secondary N) is 1. The lowest BCUT2D eigenvalue weighted by Gasteiger charge is -2.04. The molecular formula is C13H11FN4OS. The Morgan fingerprint density at radius 3 is 2.95 bits per heavy atom. The summed E-state index contributed by atoms with van der Waals surface area (Å²) in [6.45, 7) is 1.85. The molecule has 3 N–H and O–H groups in total. The van der Waals surface area contributed by atoms with Gasteiger partial charge in [0.15, 0.2) is 0 Å². The fourth-order valence-corrected chi connectivity index (χ4v) is 2.02. The average Bonchev–Trinajstić information content (AvgIpc) is 2.84. The van der Waals surface area contributed by atoms with Gasteiger partial charge in [0.2, 0.25) is 0 Å². The number of aromatic nitrogens is 2. The zero-order valence-corrected chi connectivity index (χ0v) is 11.4. The second-order valence-corrected chi connectivity index (χ2v) is 4.60. The Morgan fingerprint density at radius 2 is 2.35 bits per heavy atom. The average molecular weight is 290 g/mol. The Hall–Kier alpha value is -2.30. The van der Waals surface area contributed by atoms with Crippen molar-refractivity contribution in [1.82, 2.24) is 9.59 Å². The molecule has 2 aromatic rings. The van der Waals surface area contributed by atoms with Gasteiger partial charge < -0.3 is 11.1 Å². The number of halogens is 1. The predicted octanol–water partition coefficient (Wildman–Crippen LogP) is 1.55. The standard InChI is InChI=1S/C13H11FN4OS/c1-8-12(20-18-17-8)13(19)16-10-5-4-9(3-2-6-15)11(14)7-10/h4-5,7H,6,15H2,1H3,(H,16,19). The van der Waals surface area contributed by atoms with E-state index < -0.39 is 5.82 Å². The van der Waals surface area contributed by atoms with Crippen LogP contribution in [0.25, 0.3) is 0 Å². The minimum absolute atomic E-state index is 0.162. The summed E-state index contributed by atoms with van der Waals surface area (Å²) in [5, 5.41) is 6.34. The number of carbonyl (C=O) groups excluding carboxylic acids is 1. The third-order valence-corrected chi connectivity index (χ3v) is 3.24. The largest absolute Gasteiger partial charge is 0.321 e. The van der Waals surface area contributed by atoms with Crippen LogP contribution in [0.5, 0.6) is 0 Å². The van der Waals surface area contributed by atoms with Crippen molar-refractivity contribution >= 4 is 23.1 Å². The molecule has 0 aliphatic heterocycles. The minimum Gasteiger partial charge on any atom is -0.321 e. The van der Waals surface area contributed by atoms with Gasteiger partial charge in [0, 0.05) is 5.69 Å². The molecule has 0 spiro atoms. The number of hydrogen-bond acceptors (Lipinski definition) is 5. The molecule has 102 valence electrons. The van der Waals surface area contributed by atoms with E-state index in [0.717, 1.165) is 11.5 Å². The summed E-state index contributed by atoms with van der Waals surface area (Å²) in [6.07, 6.45) is 0. The van der Waals surface area contributed by atoms with Crippen molar-refractivity contribution in [2.75, 3.05) is 11.9 Å². The molecule has 1 aromatic heterocycles. The highest BCUT2D eigenvalue weighted by Gasteiger charge is 2.13. The van der Waals surface area contributed by atoms with Crippen molar-refractivity contribution in [3.05, 3.63) is 40.2 Å². The number of carbonyl (C=O) groups is 1. The molecule has 0 aliphatic carbocycles. The molecule has 0 aliphatic rings. The quantitative estimate of drug-likeness (QED) is 0.822. The number of benzene rings is 1. The van der Waals surface area contributed by atoms with Gasteiger partial charge in [-0.15, -0.1) is 5.10 Å². The van der Waals surface area contributed by atoms with Crippen molar-refractivity contribution in [1.29, 1.82) is 0 Å². The van der Waals surface area contributed by atoms with Gasteiger partial charge in [0.1, 0.15) is 10.7 Å². The van der Waals surface area contributed by atoms with Crippen LogP contribution in [0.1, 0.15) is 20.9 Å². The summed E-state index contributed by atoms with van der Waals surface area (Å²) in [6, 6.07) is 4.28. The first-order valence-corrected chi connectivity index (χ1v) is 6.48. The van der Waals surface area contributed by atoms with E-state index in [4.69, 9.17) is 5.73 Å². The van der Waals surface area contributed by atoms with Crippen molar-refractivity contribution < 1.29 is 9.18 Å². The minimum atomic E-state index is -0.511. The second-order valence-electron chi connectivity index (χ2n) is 3.84. The van der Waals surface area contributed by atoms with Crippen LogP contribution in [0.4, 0.5) is 10.1 Å².